The van der Waals surface area contributed by atoms with Crippen LogP contribution in [0.15, 0.2) is 53.7 Å². The van der Waals surface area contributed by atoms with Crippen LogP contribution in [-0.4, -0.2) is 39.6 Å². The Morgan fingerprint density at radius 3 is 2.67 bits per heavy atom. The van der Waals surface area contributed by atoms with Crippen molar-refractivity contribution in [2.24, 2.45) is 5.92 Å². The van der Waals surface area contributed by atoms with Gasteiger partial charge in [0.1, 0.15) is 11.6 Å². The van der Waals surface area contributed by atoms with E-state index in [0.29, 0.717) is 29.2 Å². The minimum Gasteiger partial charge on any atom is -0.494 e. The third kappa shape index (κ3) is 4.81. The van der Waals surface area contributed by atoms with E-state index in [2.05, 4.69) is 15.5 Å². The Balaban J connectivity index is 1.61. The van der Waals surface area contributed by atoms with Crippen molar-refractivity contribution in [3.8, 4) is 22.8 Å². The van der Waals surface area contributed by atoms with Crippen molar-refractivity contribution in [1.29, 1.82) is 0 Å². The van der Waals surface area contributed by atoms with Gasteiger partial charge in [-0.25, -0.2) is 4.39 Å². The first-order valence-corrected chi connectivity index (χ1v) is 11.0. The molecule has 156 valence electrons. The monoisotopic (exact) mass is 426 g/mol. The maximum Gasteiger partial charge on any atom is 0.230 e. The molecule has 1 aromatic heterocycles. The molecule has 1 fully saturated rings. The molecule has 1 N–H and O–H groups in total. The molecule has 0 saturated heterocycles. The lowest BCUT2D eigenvalue weighted by Crippen LogP contribution is -2.27. The van der Waals surface area contributed by atoms with Crippen molar-refractivity contribution >= 4 is 17.7 Å². The van der Waals surface area contributed by atoms with Crippen LogP contribution in [0, 0.1) is 11.7 Å². The van der Waals surface area contributed by atoms with E-state index in [1.54, 1.807) is 22.8 Å². The van der Waals surface area contributed by atoms with Gasteiger partial charge < -0.3 is 10.1 Å². The van der Waals surface area contributed by atoms with E-state index in [1.807, 2.05) is 31.2 Å². The SMILES string of the molecule is CCOc1ccc(-c2nnc(SCC(=O)NCC3CC3)n2-c2ccccc2F)cc1. The summed E-state index contributed by atoms with van der Waals surface area (Å²) in [5.74, 6) is 1.63. The number of aromatic nitrogens is 3. The maximum absolute atomic E-state index is 14.6. The first-order chi connectivity index (χ1) is 14.7. The van der Waals surface area contributed by atoms with Gasteiger partial charge in [0, 0.05) is 12.1 Å². The number of amides is 1. The zero-order chi connectivity index (χ0) is 20.9. The number of hydrogen-bond donors (Lipinski definition) is 1. The van der Waals surface area contributed by atoms with Crippen molar-refractivity contribution in [3.63, 3.8) is 0 Å². The Bertz CT molecular complexity index is 1020. The highest BCUT2D eigenvalue weighted by molar-refractivity contribution is 7.99. The normalized spacial score (nSPS) is 13.3. The molecule has 3 aromatic rings. The molecule has 0 unspecified atom stereocenters. The number of nitrogens with one attached hydrogen (secondary N) is 1. The highest BCUT2D eigenvalue weighted by Crippen LogP contribution is 2.30. The fourth-order valence-corrected chi connectivity index (χ4v) is 3.80. The predicted octanol–water partition coefficient (Wildman–Crippen LogP) is 4.09. The number of nitrogens with zero attached hydrogens (tertiary/aromatic N) is 3. The van der Waals surface area contributed by atoms with Crippen LogP contribution in [0.2, 0.25) is 0 Å². The van der Waals surface area contributed by atoms with Crippen LogP contribution in [0.5, 0.6) is 5.75 Å². The third-order valence-corrected chi connectivity index (χ3v) is 5.70. The van der Waals surface area contributed by atoms with Gasteiger partial charge in [-0.2, -0.15) is 0 Å². The van der Waals surface area contributed by atoms with Crippen LogP contribution in [0.25, 0.3) is 17.1 Å². The van der Waals surface area contributed by atoms with E-state index in [1.165, 1.54) is 30.7 Å². The fraction of sp³-hybridized carbons (Fsp3) is 0.318. The van der Waals surface area contributed by atoms with Crippen LogP contribution in [-0.2, 0) is 4.79 Å². The van der Waals surface area contributed by atoms with E-state index in [0.717, 1.165) is 17.9 Å². The number of carbonyl (C=O) groups excluding carboxylic acids is 1. The summed E-state index contributed by atoms with van der Waals surface area (Å²) >= 11 is 1.24. The lowest BCUT2D eigenvalue weighted by molar-refractivity contribution is -0.118. The smallest absolute Gasteiger partial charge is 0.230 e. The molecule has 1 aliphatic carbocycles. The summed E-state index contributed by atoms with van der Waals surface area (Å²) in [5.41, 5.74) is 1.12. The average Bonchev–Trinajstić information content (AvgIpc) is 3.50. The molecular formula is C22H23FN4O2S. The van der Waals surface area contributed by atoms with E-state index >= 15 is 0 Å². The van der Waals surface area contributed by atoms with Crippen molar-refractivity contribution < 1.29 is 13.9 Å². The topological polar surface area (TPSA) is 69.0 Å². The van der Waals surface area contributed by atoms with E-state index in [4.69, 9.17) is 4.74 Å². The number of benzene rings is 2. The molecule has 4 rings (SSSR count). The molecule has 0 aliphatic heterocycles. The van der Waals surface area contributed by atoms with Gasteiger partial charge in [-0.3, -0.25) is 9.36 Å². The van der Waals surface area contributed by atoms with Crippen molar-refractivity contribution in [2.75, 3.05) is 18.9 Å². The van der Waals surface area contributed by atoms with Crippen LogP contribution in [0.1, 0.15) is 19.8 Å². The van der Waals surface area contributed by atoms with Gasteiger partial charge in [0.15, 0.2) is 11.0 Å². The molecule has 30 heavy (non-hydrogen) atoms. The van der Waals surface area contributed by atoms with Gasteiger partial charge in [-0.15, -0.1) is 10.2 Å². The van der Waals surface area contributed by atoms with Crippen LogP contribution < -0.4 is 10.1 Å². The predicted molar refractivity (Wildman–Crippen MR) is 114 cm³/mol. The number of carbonyl (C=O) groups is 1. The van der Waals surface area contributed by atoms with Gasteiger partial charge in [0.05, 0.1) is 18.0 Å². The summed E-state index contributed by atoms with van der Waals surface area (Å²) in [7, 11) is 0. The number of thioether (sulfide) groups is 1. The second kappa shape index (κ2) is 9.30. The Morgan fingerprint density at radius 2 is 1.97 bits per heavy atom. The average molecular weight is 427 g/mol. The second-order valence-corrected chi connectivity index (χ2v) is 8.03. The molecule has 1 amide bonds. The number of halogens is 1. The Labute approximate surface area is 178 Å². The van der Waals surface area contributed by atoms with Crippen molar-refractivity contribution in [2.45, 2.75) is 24.9 Å². The zero-order valence-electron chi connectivity index (χ0n) is 16.7. The van der Waals surface area contributed by atoms with Gasteiger partial charge in [0.25, 0.3) is 0 Å². The molecule has 6 nitrogen and oxygen atoms in total. The highest BCUT2D eigenvalue weighted by atomic mass is 32.2. The minimum atomic E-state index is -0.385. The van der Waals surface area contributed by atoms with Crippen LogP contribution in [0.3, 0.4) is 0 Å². The Kier molecular flexibility index (Phi) is 6.32. The molecule has 0 bridgehead atoms. The molecule has 0 spiro atoms. The van der Waals surface area contributed by atoms with Crippen molar-refractivity contribution in [1.82, 2.24) is 20.1 Å². The quantitative estimate of drug-likeness (QED) is 0.522. The number of para-hydroxylation sites is 1. The van der Waals surface area contributed by atoms with Gasteiger partial charge in [-0.05, 0) is 62.1 Å². The zero-order valence-corrected chi connectivity index (χ0v) is 17.5. The molecule has 1 heterocycles. The largest absolute Gasteiger partial charge is 0.494 e. The lowest BCUT2D eigenvalue weighted by Gasteiger charge is -2.12. The van der Waals surface area contributed by atoms with E-state index in [9.17, 15) is 9.18 Å². The number of ether oxygens (including phenoxy) is 1. The summed E-state index contributed by atoms with van der Waals surface area (Å²) in [6, 6.07) is 13.9. The van der Waals surface area contributed by atoms with Gasteiger partial charge >= 0.3 is 0 Å². The molecule has 1 aliphatic rings. The highest BCUT2D eigenvalue weighted by Gasteiger charge is 2.22. The Hall–Kier alpha value is -2.87. The third-order valence-electron chi connectivity index (χ3n) is 4.77. The maximum atomic E-state index is 14.6. The first kappa shape index (κ1) is 20.4. The molecule has 1 saturated carbocycles. The fourth-order valence-electron chi connectivity index (χ4n) is 3.03. The molecular weight excluding hydrogens is 403 g/mol. The summed E-state index contributed by atoms with van der Waals surface area (Å²) in [6.45, 7) is 3.22. The van der Waals surface area contributed by atoms with Crippen molar-refractivity contribution in [3.05, 3.63) is 54.3 Å². The van der Waals surface area contributed by atoms with Gasteiger partial charge in [0.2, 0.25) is 5.91 Å². The molecule has 0 atom stereocenters. The molecule has 0 radical (unpaired) electrons. The van der Waals surface area contributed by atoms with E-state index in [-0.39, 0.29) is 17.5 Å². The lowest BCUT2D eigenvalue weighted by atomic mass is 10.2. The number of rotatable bonds is 9. The standard InChI is InChI=1S/C22H23FN4O2S/c1-2-29-17-11-9-16(10-12-17)21-25-26-22(27(21)19-6-4-3-5-18(19)23)30-14-20(28)24-13-15-7-8-15/h3-6,9-12,15H,2,7-8,13-14H2,1H3,(H,24,28). The second-order valence-electron chi connectivity index (χ2n) is 7.09. The van der Waals surface area contributed by atoms with E-state index < -0.39 is 0 Å². The molecule has 8 heteroatoms. The number of hydrogen-bond acceptors (Lipinski definition) is 5. The Morgan fingerprint density at radius 1 is 1.20 bits per heavy atom. The minimum absolute atomic E-state index is 0.0578. The van der Waals surface area contributed by atoms with Crippen LogP contribution in [0.4, 0.5) is 4.39 Å². The molecule has 2 aromatic carbocycles. The summed E-state index contributed by atoms with van der Waals surface area (Å²) in [5, 5.41) is 11.9. The summed E-state index contributed by atoms with van der Waals surface area (Å²) in [4.78, 5) is 12.2. The summed E-state index contributed by atoms with van der Waals surface area (Å²) in [6.07, 6.45) is 2.36. The van der Waals surface area contributed by atoms with Gasteiger partial charge in [-0.1, -0.05) is 23.9 Å². The summed E-state index contributed by atoms with van der Waals surface area (Å²) < 4.78 is 21.8. The first-order valence-electron chi connectivity index (χ1n) is 9.98. The van der Waals surface area contributed by atoms with Crippen LogP contribution >= 0.6 is 11.8 Å².